The molecule has 2 aliphatic heterocycles. The molecule has 2 heterocycles. The van der Waals surface area contributed by atoms with E-state index in [-0.39, 0.29) is 18.6 Å². The molecule has 134 valence electrons. The minimum Gasteiger partial charge on any atom is -0.396 e. The number of aliphatic hydroxyl groups is 1. The van der Waals surface area contributed by atoms with Crippen molar-refractivity contribution >= 4 is 6.03 Å². The SMILES string of the molecule is CCCCNC(=O)N1C[C@@H](CN2CCCN(C)CC2)[C@@H](CO)C1. The molecule has 2 atom stereocenters. The fraction of sp³-hybridized carbons (Fsp3) is 0.941. The van der Waals surface area contributed by atoms with Gasteiger partial charge in [-0.1, -0.05) is 13.3 Å². The van der Waals surface area contributed by atoms with Gasteiger partial charge < -0.3 is 25.1 Å². The first-order valence-electron chi connectivity index (χ1n) is 9.18. The van der Waals surface area contributed by atoms with Crippen molar-refractivity contribution in [3.8, 4) is 0 Å². The number of hydrogen-bond acceptors (Lipinski definition) is 4. The van der Waals surface area contributed by atoms with Gasteiger partial charge in [0.05, 0.1) is 0 Å². The Hall–Kier alpha value is -0.850. The number of nitrogens with one attached hydrogen (secondary N) is 1. The Morgan fingerprint density at radius 1 is 1.17 bits per heavy atom. The van der Waals surface area contributed by atoms with Gasteiger partial charge in [-0.25, -0.2) is 4.79 Å². The van der Waals surface area contributed by atoms with Crippen LogP contribution in [-0.2, 0) is 0 Å². The van der Waals surface area contributed by atoms with Crippen molar-refractivity contribution in [1.29, 1.82) is 0 Å². The lowest BCUT2D eigenvalue weighted by molar-refractivity contribution is 0.165. The molecule has 0 radical (unpaired) electrons. The summed E-state index contributed by atoms with van der Waals surface area (Å²) in [5.74, 6) is 0.605. The highest BCUT2D eigenvalue weighted by Crippen LogP contribution is 2.24. The van der Waals surface area contributed by atoms with Gasteiger partial charge in [-0.3, -0.25) is 0 Å². The van der Waals surface area contributed by atoms with Crippen molar-refractivity contribution in [2.75, 3.05) is 66.0 Å². The van der Waals surface area contributed by atoms with Crippen LogP contribution in [0.3, 0.4) is 0 Å². The summed E-state index contributed by atoms with van der Waals surface area (Å²) >= 11 is 0. The average Bonchev–Trinajstić information content (AvgIpc) is 2.84. The van der Waals surface area contributed by atoms with E-state index in [1.54, 1.807) is 0 Å². The van der Waals surface area contributed by atoms with Crippen LogP contribution in [-0.4, -0.2) is 91.8 Å². The van der Waals surface area contributed by atoms with Crippen molar-refractivity contribution in [3.63, 3.8) is 0 Å². The molecule has 2 aliphatic rings. The van der Waals surface area contributed by atoms with E-state index in [1.807, 2.05) is 4.90 Å². The molecular formula is C17H34N4O2. The molecule has 0 unspecified atom stereocenters. The Labute approximate surface area is 140 Å². The molecule has 0 bridgehead atoms. The van der Waals surface area contributed by atoms with Gasteiger partial charge in [-0.15, -0.1) is 0 Å². The smallest absolute Gasteiger partial charge is 0.317 e. The van der Waals surface area contributed by atoms with Crippen LogP contribution in [0.15, 0.2) is 0 Å². The molecular weight excluding hydrogens is 292 g/mol. The van der Waals surface area contributed by atoms with Gasteiger partial charge in [0.1, 0.15) is 0 Å². The molecule has 0 aliphatic carbocycles. The maximum Gasteiger partial charge on any atom is 0.317 e. The number of rotatable bonds is 6. The summed E-state index contributed by atoms with van der Waals surface area (Å²) < 4.78 is 0. The minimum absolute atomic E-state index is 0.0370. The van der Waals surface area contributed by atoms with Crippen molar-refractivity contribution in [2.45, 2.75) is 26.2 Å². The number of unbranched alkanes of at least 4 members (excludes halogenated alkanes) is 1. The Bertz CT molecular complexity index is 367. The average molecular weight is 326 g/mol. The summed E-state index contributed by atoms with van der Waals surface area (Å²) in [5.41, 5.74) is 0. The molecule has 0 aromatic heterocycles. The van der Waals surface area contributed by atoms with Gasteiger partial charge in [0, 0.05) is 51.8 Å². The zero-order chi connectivity index (χ0) is 16.7. The number of hydrogen-bond donors (Lipinski definition) is 2. The van der Waals surface area contributed by atoms with Gasteiger partial charge >= 0.3 is 6.03 Å². The zero-order valence-electron chi connectivity index (χ0n) is 14.8. The number of carbonyl (C=O) groups is 1. The highest BCUT2D eigenvalue weighted by Gasteiger charge is 2.35. The fourth-order valence-corrected chi connectivity index (χ4v) is 3.62. The fourth-order valence-electron chi connectivity index (χ4n) is 3.62. The lowest BCUT2D eigenvalue weighted by Gasteiger charge is -2.26. The van der Waals surface area contributed by atoms with E-state index in [0.29, 0.717) is 12.5 Å². The third-order valence-corrected chi connectivity index (χ3v) is 5.21. The van der Waals surface area contributed by atoms with E-state index in [1.165, 1.54) is 6.42 Å². The summed E-state index contributed by atoms with van der Waals surface area (Å²) in [4.78, 5) is 19.0. The van der Waals surface area contributed by atoms with Crippen LogP contribution in [0.1, 0.15) is 26.2 Å². The Morgan fingerprint density at radius 2 is 1.96 bits per heavy atom. The first-order chi connectivity index (χ1) is 11.1. The maximum atomic E-state index is 12.2. The summed E-state index contributed by atoms with van der Waals surface area (Å²) in [7, 11) is 2.18. The van der Waals surface area contributed by atoms with Crippen LogP contribution in [0.5, 0.6) is 0 Å². The number of carbonyl (C=O) groups excluding carboxylic acids is 1. The number of nitrogens with zero attached hydrogens (tertiary/aromatic N) is 3. The van der Waals surface area contributed by atoms with Crippen molar-refractivity contribution in [3.05, 3.63) is 0 Å². The topological polar surface area (TPSA) is 59.1 Å². The molecule has 23 heavy (non-hydrogen) atoms. The molecule has 2 amide bonds. The van der Waals surface area contributed by atoms with Crippen LogP contribution in [0.25, 0.3) is 0 Å². The Balaban J connectivity index is 1.82. The lowest BCUT2D eigenvalue weighted by atomic mass is 9.96. The van der Waals surface area contributed by atoms with Crippen LogP contribution < -0.4 is 5.32 Å². The van der Waals surface area contributed by atoms with Crippen molar-refractivity contribution in [1.82, 2.24) is 20.0 Å². The lowest BCUT2D eigenvalue weighted by Crippen LogP contribution is -2.40. The molecule has 6 heteroatoms. The van der Waals surface area contributed by atoms with E-state index in [9.17, 15) is 9.90 Å². The molecule has 6 nitrogen and oxygen atoms in total. The first kappa shape index (κ1) is 18.5. The van der Waals surface area contributed by atoms with E-state index in [0.717, 1.165) is 58.7 Å². The van der Waals surface area contributed by atoms with Crippen LogP contribution in [0.4, 0.5) is 4.79 Å². The monoisotopic (exact) mass is 326 g/mol. The van der Waals surface area contributed by atoms with Gasteiger partial charge in [-0.2, -0.15) is 0 Å². The van der Waals surface area contributed by atoms with Crippen LogP contribution in [0, 0.1) is 11.8 Å². The van der Waals surface area contributed by atoms with Gasteiger partial charge in [0.15, 0.2) is 0 Å². The number of likely N-dealkylation sites (N-methyl/N-ethyl adjacent to an activating group) is 1. The maximum absolute atomic E-state index is 12.2. The molecule has 0 spiro atoms. The first-order valence-corrected chi connectivity index (χ1v) is 9.18. The molecule has 0 saturated carbocycles. The summed E-state index contributed by atoms with van der Waals surface area (Å²) in [6, 6.07) is 0.0370. The Kier molecular flexibility index (Phi) is 7.59. The van der Waals surface area contributed by atoms with E-state index in [4.69, 9.17) is 0 Å². The van der Waals surface area contributed by atoms with E-state index in [2.05, 4.69) is 29.1 Å². The Morgan fingerprint density at radius 3 is 2.70 bits per heavy atom. The van der Waals surface area contributed by atoms with E-state index >= 15 is 0 Å². The highest BCUT2D eigenvalue weighted by atomic mass is 16.3. The third-order valence-electron chi connectivity index (χ3n) is 5.21. The number of urea groups is 1. The predicted molar refractivity (Wildman–Crippen MR) is 92.5 cm³/mol. The van der Waals surface area contributed by atoms with E-state index < -0.39 is 0 Å². The van der Waals surface area contributed by atoms with Crippen molar-refractivity contribution in [2.24, 2.45) is 11.8 Å². The molecule has 0 aromatic carbocycles. The molecule has 0 aromatic rings. The molecule has 2 rings (SSSR count). The third kappa shape index (κ3) is 5.62. The van der Waals surface area contributed by atoms with Gasteiger partial charge in [0.2, 0.25) is 0 Å². The quantitative estimate of drug-likeness (QED) is 0.705. The second kappa shape index (κ2) is 9.45. The molecule has 2 N–H and O–H groups in total. The zero-order valence-corrected chi connectivity index (χ0v) is 14.8. The predicted octanol–water partition coefficient (Wildman–Crippen LogP) is 0.674. The highest BCUT2D eigenvalue weighted by molar-refractivity contribution is 5.74. The summed E-state index contributed by atoms with van der Waals surface area (Å²) in [6.45, 7) is 10.00. The van der Waals surface area contributed by atoms with Gasteiger partial charge in [0.25, 0.3) is 0 Å². The second-order valence-corrected chi connectivity index (χ2v) is 7.15. The molecule has 2 fully saturated rings. The largest absolute Gasteiger partial charge is 0.396 e. The standard InChI is InChI=1S/C17H34N4O2/c1-3-4-6-18-17(23)21-12-15(16(13-21)14-22)11-20-8-5-7-19(2)9-10-20/h15-16,22H,3-14H2,1-2H3,(H,18,23)/t15-,16-/m1/s1. The number of amides is 2. The van der Waals surface area contributed by atoms with Crippen LogP contribution >= 0.6 is 0 Å². The molecule has 2 saturated heterocycles. The normalized spacial score (nSPS) is 27.2. The summed E-state index contributed by atoms with van der Waals surface area (Å²) in [5, 5.41) is 12.7. The number of aliphatic hydroxyl groups excluding tert-OH is 1. The van der Waals surface area contributed by atoms with Crippen LogP contribution in [0.2, 0.25) is 0 Å². The number of likely N-dealkylation sites (tertiary alicyclic amines) is 1. The minimum atomic E-state index is 0.0370. The summed E-state index contributed by atoms with van der Waals surface area (Å²) in [6.07, 6.45) is 3.31. The second-order valence-electron chi connectivity index (χ2n) is 7.15. The van der Waals surface area contributed by atoms with Crippen molar-refractivity contribution < 1.29 is 9.90 Å². The van der Waals surface area contributed by atoms with Gasteiger partial charge in [-0.05, 0) is 38.9 Å².